The van der Waals surface area contributed by atoms with Crippen LogP contribution in [0.25, 0.3) is 0 Å². The lowest BCUT2D eigenvalue weighted by Crippen LogP contribution is -2.48. The third-order valence-corrected chi connectivity index (χ3v) is 7.09. The first-order valence-electron chi connectivity index (χ1n) is 4.88. The molecule has 17 heavy (non-hydrogen) atoms. The van der Waals surface area contributed by atoms with Gasteiger partial charge in [0.2, 0.25) is 10.9 Å². The fourth-order valence-electron chi connectivity index (χ4n) is 2.16. The van der Waals surface area contributed by atoms with Gasteiger partial charge in [-0.3, -0.25) is 13.9 Å². The lowest BCUT2D eigenvalue weighted by molar-refractivity contribution is -0.130. The van der Waals surface area contributed by atoms with Crippen molar-refractivity contribution in [3.05, 3.63) is 0 Å². The van der Waals surface area contributed by atoms with E-state index in [-0.39, 0.29) is 6.42 Å². The van der Waals surface area contributed by atoms with Crippen LogP contribution in [0.3, 0.4) is 0 Å². The maximum absolute atomic E-state index is 11.6. The number of carbonyl (C=O) groups excluding carboxylic acids is 1. The molecule has 10 heteroatoms. The molecular weight excluding hydrogens is 272 g/mol. The Hall–Kier alpha value is -0.230. The molecule has 4 N–H and O–H groups in total. The van der Waals surface area contributed by atoms with E-state index in [1.165, 1.54) is 13.8 Å². The Bertz CT molecular complexity index is 400. The van der Waals surface area contributed by atoms with Crippen molar-refractivity contribution in [2.45, 2.75) is 37.8 Å². The van der Waals surface area contributed by atoms with Gasteiger partial charge >= 0.3 is 15.2 Å². The van der Waals surface area contributed by atoms with Crippen LogP contribution in [-0.2, 0) is 13.9 Å². The lowest BCUT2D eigenvalue weighted by Gasteiger charge is -2.40. The van der Waals surface area contributed by atoms with Crippen molar-refractivity contribution in [2.24, 2.45) is 0 Å². The second-order valence-corrected chi connectivity index (χ2v) is 8.23. The van der Waals surface area contributed by atoms with E-state index >= 15 is 0 Å². The van der Waals surface area contributed by atoms with E-state index in [1.807, 2.05) is 0 Å². The highest BCUT2D eigenvalue weighted by Gasteiger charge is 2.68. The Morgan fingerprint density at radius 1 is 1.18 bits per heavy atom. The molecule has 1 fully saturated rings. The van der Waals surface area contributed by atoms with E-state index in [2.05, 4.69) is 0 Å². The molecule has 1 rings (SSSR count). The zero-order valence-corrected chi connectivity index (χ0v) is 11.1. The molecule has 0 unspecified atom stereocenters. The van der Waals surface area contributed by atoms with Crippen LogP contribution < -0.4 is 0 Å². The number of carbonyl (C=O) groups is 1. The number of rotatable bonds is 3. The Kier molecular flexibility index (Phi) is 3.63. The summed E-state index contributed by atoms with van der Waals surface area (Å²) in [5.74, 6) is -0.661. The predicted molar refractivity (Wildman–Crippen MR) is 58.0 cm³/mol. The molecular formula is C7H15NO7P2. The van der Waals surface area contributed by atoms with Crippen molar-refractivity contribution >= 4 is 21.1 Å². The third kappa shape index (κ3) is 2.10. The van der Waals surface area contributed by atoms with Crippen LogP contribution in [0.2, 0.25) is 0 Å². The van der Waals surface area contributed by atoms with Gasteiger partial charge in [-0.05, 0) is 13.8 Å². The summed E-state index contributed by atoms with van der Waals surface area (Å²) in [4.78, 5) is 49.3. The van der Waals surface area contributed by atoms with Crippen LogP contribution in [0, 0.1) is 0 Å². The molecule has 0 aromatic carbocycles. The van der Waals surface area contributed by atoms with Gasteiger partial charge in [0.1, 0.15) is 0 Å². The van der Waals surface area contributed by atoms with Crippen LogP contribution in [0.1, 0.15) is 26.7 Å². The van der Waals surface area contributed by atoms with Gasteiger partial charge in [0.25, 0.3) is 0 Å². The van der Waals surface area contributed by atoms with Crippen molar-refractivity contribution < 1.29 is 33.5 Å². The summed E-state index contributed by atoms with van der Waals surface area (Å²) >= 11 is 0. The van der Waals surface area contributed by atoms with Gasteiger partial charge in [-0.1, -0.05) is 0 Å². The van der Waals surface area contributed by atoms with E-state index in [0.29, 0.717) is 4.90 Å². The zero-order valence-electron chi connectivity index (χ0n) is 9.35. The van der Waals surface area contributed by atoms with Gasteiger partial charge in [-0.15, -0.1) is 0 Å². The minimum absolute atomic E-state index is 0.283. The lowest BCUT2D eigenvalue weighted by atomic mass is 10.3. The second-order valence-electron chi connectivity index (χ2n) is 4.22. The molecule has 0 bridgehead atoms. The van der Waals surface area contributed by atoms with Gasteiger partial charge in [0, 0.05) is 18.9 Å². The number of hydrogen-bond acceptors (Lipinski definition) is 3. The van der Waals surface area contributed by atoms with E-state index < -0.39 is 38.6 Å². The maximum atomic E-state index is 11.6. The average molecular weight is 287 g/mol. The van der Waals surface area contributed by atoms with Crippen molar-refractivity contribution in [1.29, 1.82) is 0 Å². The average Bonchev–Trinajstić information content (AvgIpc) is 2.40. The molecule has 0 radical (unpaired) electrons. The van der Waals surface area contributed by atoms with E-state index in [4.69, 9.17) is 0 Å². The normalized spacial score (nSPS) is 21.4. The molecule has 1 aliphatic heterocycles. The van der Waals surface area contributed by atoms with Crippen molar-refractivity contribution in [3.8, 4) is 0 Å². The second kappa shape index (κ2) is 4.16. The summed E-state index contributed by atoms with van der Waals surface area (Å²) < 4.78 is 22.9. The Morgan fingerprint density at radius 3 is 1.82 bits per heavy atom. The summed E-state index contributed by atoms with van der Waals surface area (Å²) in [5.41, 5.74) is 0. The quantitative estimate of drug-likeness (QED) is 0.537. The molecule has 0 aliphatic carbocycles. The van der Waals surface area contributed by atoms with Crippen LogP contribution in [0.4, 0.5) is 0 Å². The highest BCUT2D eigenvalue weighted by molar-refractivity contribution is 7.72. The summed E-state index contributed by atoms with van der Waals surface area (Å²) in [5, 5.41) is -2.70. The van der Waals surface area contributed by atoms with Crippen molar-refractivity contribution in [2.75, 3.05) is 0 Å². The summed E-state index contributed by atoms with van der Waals surface area (Å²) in [6.07, 6.45) is -0.826. The minimum atomic E-state index is -5.17. The molecule has 0 aromatic rings. The maximum Gasteiger partial charge on any atom is 0.363 e. The van der Waals surface area contributed by atoms with Gasteiger partial charge < -0.3 is 24.5 Å². The summed E-state index contributed by atoms with van der Waals surface area (Å²) in [7, 11) is -10.3. The van der Waals surface area contributed by atoms with Crippen molar-refractivity contribution in [3.63, 3.8) is 0 Å². The summed E-state index contributed by atoms with van der Waals surface area (Å²) in [6.45, 7) is 2.90. The number of amides is 1. The summed E-state index contributed by atoms with van der Waals surface area (Å²) in [6, 6.07) is -0.703. The van der Waals surface area contributed by atoms with Gasteiger partial charge in [-0.2, -0.15) is 0 Å². The largest absolute Gasteiger partial charge is 0.363 e. The topological polar surface area (TPSA) is 135 Å². The minimum Gasteiger partial charge on any atom is -0.322 e. The predicted octanol–water partition coefficient (Wildman–Crippen LogP) is 0.0264. The fourth-order valence-corrected chi connectivity index (χ4v) is 5.57. The number of likely N-dealkylation sites (tertiary alicyclic amines) is 1. The van der Waals surface area contributed by atoms with Gasteiger partial charge in [0.05, 0.1) is 0 Å². The van der Waals surface area contributed by atoms with Gasteiger partial charge in [0.15, 0.2) is 0 Å². The number of hydrogen-bond donors (Lipinski definition) is 4. The molecule has 1 heterocycles. The molecule has 1 aliphatic rings. The number of nitrogens with zero attached hydrogens (tertiary/aromatic N) is 1. The molecule has 0 atom stereocenters. The van der Waals surface area contributed by atoms with Crippen LogP contribution in [0.5, 0.6) is 0 Å². The fraction of sp³-hybridized carbons (Fsp3) is 0.857. The first-order chi connectivity index (χ1) is 7.45. The standard InChI is InChI=1S/C7H15NO7P2/c1-5(2)8-6(9)3-4-7(8,16(10,11)12)17(13,14)15/h5H,3-4H2,1-2H3,(H2,10,11,12)(H2,13,14,15). The SMILES string of the molecule is CC(C)N1C(=O)CCC1(P(=O)(O)O)P(=O)(O)O. The first kappa shape index (κ1) is 14.8. The van der Waals surface area contributed by atoms with E-state index in [9.17, 15) is 33.5 Å². The monoisotopic (exact) mass is 287 g/mol. The molecule has 1 amide bonds. The smallest absolute Gasteiger partial charge is 0.322 e. The molecule has 8 nitrogen and oxygen atoms in total. The van der Waals surface area contributed by atoms with E-state index in [1.54, 1.807) is 0 Å². The van der Waals surface area contributed by atoms with Crippen LogP contribution >= 0.6 is 15.2 Å². The first-order valence-corrected chi connectivity index (χ1v) is 8.11. The van der Waals surface area contributed by atoms with Gasteiger partial charge in [-0.25, -0.2) is 0 Å². The van der Waals surface area contributed by atoms with Crippen LogP contribution in [0.15, 0.2) is 0 Å². The Balaban J connectivity index is 3.51. The zero-order chi connectivity index (χ0) is 13.6. The Labute approximate surface area is 97.9 Å². The molecule has 0 saturated carbocycles. The third-order valence-electron chi connectivity index (χ3n) is 2.78. The van der Waals surface area contributed by atoms with E-state index in [0.717, 1.165) is 0 Å². The molecule has 1 saturated heterocycles. The highest BCUT2D eigenvalue weighted by Crippen LogP contribution is 2.74. The Morgan fingerprint density at radius 2 is 1.59 bits per heavy atom. The molecule has 100 valence electrons. The van der Waals surface area contributed by atoms with Crippen LogP contribution in [-0.4, -0.2) is 41.4 Å². The van der Waals surface area contributed by atoms with Crippen molar-refractivity contribution in [1.82, 2.24) is 4.90 Å². The molecule has 0 spiro atoms. The highest BCUT2D eigenvalue weighted by atomic mass is 31.2. The molecule has 0 aromatic heterocycles.